The molecule has 7 heteroatoms. The van der Waals surface area contributed by atoms with Crippen LogP contribution in [0.25, 0.3) is 0 Å². The van der Waals surface area contributed by atoms with Gasteiger partial charge in [-0.2, -0.15) is 0 Å². The maximum atomic E-state index is 10.9. The van der Waals surface area contributed by atoms with Crippen molar-refractivity contribution in [3.05, 3.63) is 38.9 Å². The van der Waals surface area contributed by atoms with Crippen LogP contribution in [0.5, 0.6) is 0 Å². The number of carbonyl (C=O) groups is 1. The fourth-order valence-electron chi connectivity index (χ4n) is 1.37. The summed E-state index contributed by atoms with van der Waals surface area (Å²) in [6, 6.07) is 4.09. The molecule has 0 fully saturated rings. The number of rotatable bonds is 5. The molecule has 5 nitrogen and oxygen atoms in total. The smallest absolute Gasteiger partial charge is 0.268 e. The van der Waals surface area contributed by atoms with Crippen LogP contribution in [0, 0.1) is 0 Å². The van der Waals surface area contributed by atoms with Crippen LogP contribution in [-0.2, 0) is 6.42 Å². The van der Waals surface area contributed by atoms with Crippen molar-refractivity contribution >= 4 is 39.0 Å². The second kappa shape index (κ2) is 5.92. The highest BCUT2D eigenvalue weighted by Crippen LogP contribution is 2.22. The van der Waals surface area contributed by atoms with Crippen molar-refractivity contribution in [3.63, 3.8) is 0 Å². The predicted molar refractivity (Wildman–Crippen MR) is 74.8 cm³/mol. The van der Waals surface area contributed by atoms with Crippen molar-refractivity contribution in [2.24, 2.45) is 5.73 Å². The Kier molecular flexibility index (Phi) is 4.27. The van der Waals surface area contributed by atoms with E-state index in [1.165, 1.54) is 11.1 Å². The van der Waals surface area contributed by atoms with Crippen LogP contribution >= 0.6 is 27.3 Å². The third-order valence-corrected chi connectivity index (χ3v) is 3.88. The summed E-state index contributed by atoms with van der Waals surface area (Å²) in [5.74, 6) is -0.0183. The maximum absolute atomic E-state index is 10.9. The minimum absolute atomic E-state index is 0.166. The average molecular weight is 327 g/mol. The first-order valence-corrected chi connectivity index (χ1v) is 6.86. The molecule has 0 spiro atoms. The lowest BCUT2D eigenvalue weighted by atomic mass is 10.3. The lowest BCUT2D eigenvalue weighted by Gasteiger charge is -2.04. The monoisotopic (exact) mass is 326 g/mol. The summed E-state index contributed by atoms with van der Waals surface area (Å²) in [5, 5.41) is 3.11. The second-order valence-electron chi connectivity index (χ2n) is 3.54. The van der Waals surface area contributed by atoms with Crippen LogP contribution in [0.4, 0.5) is 5.82 Å². The molecule has 0 aliphatic rings. The van der Waals surface area contributed by atoms with E-state index < -0.39 is 5.91 Å². The van der Waals surface area contributed by atoms with Gasteiger partial charge in [-0.25, -0.2) is 4.98 Å². The summed E-state index contributed by atoms with van der Waals surface area (Å²) in [6.45, 7) is 0.726. The fourth-order valence-corrected chi connectivity index (χ4v) is 2.85. The Labute approximate surface area is 117 Å². The van der Waals surface area contributed by atoms with Crippen LogP contribution < -0.4 is 11.1 Å². The fraction of sp³-hybridized carbons (Fsp3) is 0.182. The first kappa shape index (κ1) is 13.0. The number of aromatic nitrogens is 2. The second-order valence-corrected chi connectivity index (χ2v) is 6.08. The molecule has 0 saturated carbocycles. The zero-order valence-electron chi connectivity index (χ0n) is 9.39. The number of halogens is 1. The summed E-state index contributed by atoms with van der Waals surface area (Å²) < 4.78 is 1.12. The van der Waals surface area contributed by atoms with Gasteiger partial charge in [-0.3, -0.25) is 9.78 Å². The number of hydrogen-bond acceptors (Lipinski definition) is 5. The van der Waals surface area contributed by atoms with Crippen molar-refractivity contribution in [2.75, 3.05) is 11.9 Å². The molecule has 0 aromatic carbocycles. The molecule has 0 radical (unpaired) electrons. The Hall–Kier alpha value is -1.47. The molecule has 0 bridgehead atoms. The number of thiophene rings is 1. The Morgan fingerprint density at radius 1 is 1.44 bits per heavy atom. The highest BCUT2D eigenvalue weighted by Gasteiger charge is 2.04. The van der Waals surface area contributed by atoms with Crippen LogP contribution in [0.1, 0.15) is 15.4 Å². The molecule has 1 amide bonds. The first-order valence-electron chi connectivity index (χ1n) is 5.25. The quantitative estimate of drug-likeness (QED) is 0.881. The van der Waals surface area contributed by atoms with Crippen molar-refractivity contribution in [2.45, 2.75) is 6.42 Å². The third-order valence-electron chi connectivity index (χ3n) is 2.19. The number of nitrogens with two attached hydrogens (primary N) is 1. The molecule has 2 aromatic rings. The van der Waals surface area contributed by atoms with Gasteiger partial charge in [0.1, 0.15) is 11.5 Å². The van der Waals surface area contributed by atoms with Crippen molar-refractivity contribution in [1.82, 2.24) is 9.97 Å². The summed E-state index contributed by atoms with van der Waals surface area (Å²) in [7, 11) is 0. The number of nitrogens with zero attached hydrogens (tertiary/aromatic N) is 2. The number of hydrogen-bond donors (Lipinski definition) is 2. The van der Waals surface area contributed by atoms with Gasteiger partial charge in [-0.1, -0.05) is 0 Å². The molecule has 3 N–H and O–H groups in total. The minimum Gasteiger partial charge on any atom is -0.368 e. The topological polar surface area (TPSA) is 80.9 Å². The molecule has 18 heavy (non-hydrogen) atoms. The van der Waals surface area contributed by atoms with Gasteiger partial charge in [-0.05, 0) is 34.5 Å². The van der Waals surface area contributed by atoms with E-state index in [1.807, 2.05) is 6.07 Å². The molecule has 94 valence electrons. The molecule has 0 saturated heterocycles. The van der Waals surface area contributed by atoms with Crippen LogP contribution in [0.3, 0.4) is 0 Å². The third kappa shape index (κ3) is 3.51. The number of nitrogens with one attached hydrogen (secondary N) is 1. The van der Waals surface area contributed by atoms with Gasteiger partial charge in [-0.15, -0.1) is 11.3 Å². The van der Waals surface area contributed by atoms with E-state index in [4.69, 9.17) is 5.73 Å². The van der Waals surface area contributed by atoms with E-state index in [2.05, 4.69) is 37.3 Å². The van der Waals surface area contributed by atoms with Crippen molar-refractivity contribution in [3.8, 4) is 0 Å². The van der Waals surface area contributed by atoms with Gasteiger partial charge in [0.2, 0.25) is 0 Å². The lowest BCUT2D eigenvalue weighted by molar-refractivity contribution is 0.0995. The minimum atomic E-state index is -0.576. The molecule has 2 rings (SSSR count). The van der Waals surface area contributed by atoms with E-state index in [0.717, 1.165) is 16.8 Å². The summed E-state index contributed by atoms with van der Waals surface area (Å²) in [5.41, 5.74) is 5.30. The highest BCUT2D eigenvalue weighted by atomic mass is 79.9. The molecular weight excluding hydrogens is 316 g/mol. The number of carbonyl (C=O) groups excluding carboxylic acids is 1. The van der Waals surface area contributed by atoms with Gasteiger partial charge in [0.05, 0.1) is 16.2 Å². The number of primary amides is 1. The van der Waals surface area contributed by atoms with Gasteiger partial charge >= 0.3 is 0 Å². The van der Waals surface area contributed by atoms with E-state index >= 15 is 0 Å². The maximum Gasteiger partial charge on any atom is 0.268 e. The lowest BCUT2D eigenvalue weighted by Crippen LogP contribution is -2.15. The Balaban J connectivity index is 1.90. The molecule has 0 aliphatic heterocycles. The average Bonchev–Trinajstić information content (AvgIpc) is 2.75. The Morgan fingerprint density at radius 3 is 2.94 bits per heavy atom. The molecule has 0 unspecified atom stereocenters. The van der Waals surface area contributed by atoms with Crippen LogP contribution in [-0.4, -0.2) is 22.4 Å². The molecule has 2 aromatic heterocycles. The summed E-state index contributed by atoms with van der Waals surface area (Å²) >= 11 is 5.12. The zero-order valence-corrected chi connectivity index (χ0v) is 11.8. The Morgan fingerprint density at radius 2 is 2.28 bits per heavy atom. The number of amides is 1. The van der Waals surface area contributed by atoms with Crippen molar-refractivity contribution in [1.29, 1.82) is 0 Å². The standard InChI is InChI=1S/C11H11BrN4OS/c12-9-2-1-7(18-9)3-4-15-10-6-14-5-8(16-10)11(13)17/h1-2,5-6H,3-4H2,(H2,13,17)(H,15,16). The van der Waals surface area contributed by atoms with Crippen molar-refractivity contribution < 1.29 is 4.79 Å². The van der Waals surface area contributed by atoms with Crippen LogP contribution in [0.2, 0.25) is 0 Å². The van der Waals surface area contributed by atoms with Crippen LogP contribution in [0.15, 0.2) is 28.3 Å². The molecule has 0 atom stereocenters. The predicted octanol–water partition coefficient (Wildman–Crippen LogP) is 2.05. The highest BCUT2D eigenvalue weighted by molar-refractivity contribution is 9.11. The van der Waals surface area contributed by atoms with E-state index in [-0.39, 0.29) is 5.69 Å². The van der Waals surface area contributed by atoms with E-state index in [1.54, 1.807) is 17.5 Å². The number of anilines is 1. The van der Waals surface area contributed by atoms with Gasteiger partial charge < -0.3 is 11.1 Å². The normalized spacial score (nSPS) is 10.3. The summed E-state index contributed by atoms with van der Waals surface area (Å²) in [6.07, 6.45) is 3.80. The zero-order chi connectivity index (χ0) is 13.0. The SMILES string of the molecule is NC(=O)c1cncc(NCCc2ccc(Br)s2)n1. The van der Waals surface area contributed by atoms with Gasteiger partial charge in [0.15, 0.2) is 0 Å². The Bertz CT molecular complexity index is 557. The van der Waals surface area contributed by atoms with E-state index in [9.17, 15) is 4.79 Å². The molecular formula is C11H11BrN4OS. The molecule has 2 heterocycles. The van der Waals surface area contributed by atoms with Gasteiger partial charge in [0.25, 0.3) is 5.91 Å². The largest absolute Gasteiger partial charge is 0.368 e. The summed E-state index contributed by atoms with van der Waals surface area (Å²) in [4.78, 5) is 20.2. The molecule has 0 aliphatic carbocycles. The first-order chi connectivity index (χ1) is 8.65. The van der Waals surface area contributed by atoms with Gasteiger partial charge in [0, 0.05) is 11.4 Å². The van der Waals surface area contributed by atoms with E-state index in [0.29, 0.717) is 5.82 Å².